The number of amides is 1. The first kappa shape index (κ1) is 16.9. The maximum atomic E-state index is 11.9. The van der Waals surface area contributed by atoms with Crippen LogP contribution in [-0.2, 0) is 14.3 Å². The summed E-state index contributed by atoms with van der Waals surface area (Å²) in [6, 6.07) is 6.60. The quantitative estimate of drug-likeness (QED) is 0.454. The average molecular weight is 291 g/mol. The molecule has 0 radical (unpaired) electrons. The van der Waals surface area contributed by atoms with E-state index in [4.69, 9.17) is 9.47 Å². The lowest BCUT2D eigenvalue weighted by Gasteiger charge is -2.13. The fraction of sp³-hybridized carbons (Fsp3) is 0.375. The second kappa shape index (κ2) is 8.92. The van der Waals surface area contributed by atoms with E-state index in [0.29, 0.717) is 30.9 Å². The van der Waals surface area contributed by atoms with Gasteiger partial charge in [-0.25, -0.2) is 4.79 Å². The Kier molecular flexibility index (Phi) is 7.18. The van der Waals surface area contributed by atoms with Crippen LogP contribution in [0.1, 0.15) is 30.6 Å². The van der Waals surface area contributed by atoms with Crippen molar-refractivity contribution in [1.82, 2.24) is 0 Å². The molecule has 5 heteroatoms. The summed E-state index contributed by atoms with van der Waals surface area (Å²) in [4.78, 5) is 23.6. The zero-order valence-corrected chi connectivity index (χ0v) is 12.4. The largest absolute Gasteiger partial charge is 0.462 e. The van der Waals surface area contributed by atoms with Crippen molar-refractivity contribution in [2.45, 2.75) is 26.4 Å². The molecule has 0 aliphatic carbocycles. The van der Waals surface area contributed by atoms with Crippen LogP contribution >= 0.6 is 0 Å². The van der Waals surface area contributed by atoms with Crippen molar-refractivity contribution in [3.8, 4) is 0 Å². The van der Waals surface area contributed by atoms with Gasteiger partial charge in [-0.3, -0.25) is 4.79 Å². The molecule has 0 bridgehead atoms. The van der Waals surface area contributed by atoms with E-state index in [0.717, 1.165) is 0 Å². The van der Waals surface area contributed by atoms with Gasteiger partial charge in [-0.2, -0.15) is 0 Å². The van der Waals surface area contributed by atoms with Crippen LogP contribution in [0.4, 0.5) is 5.69 Å². The highest BCUT2D eigenvalue weighted by molar-refractivity contribution is 5.96. The minimum Gasteiger partial charge on any atom is -0.462 e. The third kappa shape index (κ3) is 5.79. The normalized spacial score (nSPS) is 11.5. The van der Waals surface area contributed by atoms with Crippen molar-refractivity contribution in [3.63, 3.8) is 0 Å². The molecule has 0 heterocycles. The lowest BCUT2D eigenvalue weighted by Crippen LogP contribution is -2.28. The lowest BCUT2D eigenvalue weighted by molar-refractivity contribution is -0.126. The number of rotatable bonds is 8. The van der Waals surface area contributed by atoms with Gasteiger partial charge < -0.3 is 14.8 Å². The summed E-state index contributed by atoms with van der Waals surface area (Å²) in [6.45, 7) is 7.76. The molecule has 0 saturated heterocycles. The first-order valence-corrected chi connectivity index (χ1v) is 6.89. The Morgan fingerprint density at radius 1 is 1.43 bits per heavy atom. The van der Waals surface area contributed by atoms with Crippen molar-refractivity contribution in [2.24, 2.45) is 0 Å². The van der Waals surface area contributed by atoms with E-state index >= 15 is 0 Å². The summed E-state index contributed by atoms with van der Waals surface area (Å²) in [7, 11) is 0. The fourth-order valence-corrected chi connectivity index (χ4v) is 1.59. The van der Waals surface area contributed by atoms with Crippen LogP contribution in [0, 0.1) is 0 Å². The molecule has 0 aliphatic heterocycles. The standard InChI is InChI=1S/C16H21NO4/c1-4-6-10-21-12(3)15(18)17-14-9-7-8-13(11-14)16(19)20-5-2/h4,7-9,11-12H,1,5-6,10H2,2-3H3,(H,17,18). The molecule has 1 unspecified atom stereocenters. The van der Waals surface area contributed by atoms with Gasteiger partial charge in [0.05, 0.1) is 18.8 Å². The van der Waals surface area contributed by atoms with Crippen molar-refractivity contribution in [2.75, 3.05) is 18.5 Å². The average Bonchev–Trinajstić information content (AvgIpc) is 2.48. The highest BCUT2D eigenvalue weighted by Gasteiger charge is 2.14. The second-order valence-corrected chi connectivity index (χ2v) is 4.38. The van der Waals surface area contributed by atoms with Crippen molar-refractivity contribution in [3.05, 3.63) is 42.5 Å². The monoisotopic (exact) mass is 291 g/mol. The minimum atomic E-state index is -0.573. The van der Waals surface area contributed by atoms with Crippen LogP contribution in [-0.4, -0.2) is 31.2 Å². The molecule has 1 N–H and O–H groups in total. The summed E-state index contributed by atoms with van der Waals surface area (Å²) in [5.41, 5.74) is 0.930. The zero-order chi connectivity index (χ0) is 15.7. The number of carbonyl (C=O) groups excluding carboxylic acids is 2. The Balaban J connectivity index is 2.61. The first-order chi connectivity index (χ1) is 10.1. The summed E-state index contributed by atoms with van der Waals surface area (Å²) in [5.74, 6) is -0.677. The first-order valence-electron chi connectivity index (χ1n) is 6.89. The van der Waals surface area contributed by atoms with Gasteiger partial charge in [-0.1, -0.05) is 12.1 Å². The topological polar surface area (TPSA) is 64.6 Å². The summed E-state index contributed by atoms with van der Waals surface area (Å²) < 4.78 is 10.3. The van der Waals surface area contributed by atoms with Gasteiger partial charge in [-0.05, 0) is 38.5 Å². The van der Waals surface area contributed by atoms with E-state index in [-0.39, 0.29) is 5.91 Å². The molecule has 21 heavy (non-hydrogen) atoms. The van der Waals surface area contributed by atoms with Crippen LogP contribution < -0.4 is 5.32 Å². The van der Waals surface area contributed by atoms with Gasteiger partial charge in [0.1, 0.15) is 6.10 Å². The maximum absolute atomic E-state index is 11.9. The molecule has 0 fully saturated rings. The number of hydrogen-bond donors (Lipinski definition) is 1. The van der Waals surface area contributed by atoms with Gasteiger partial charge in [-0.15, -0.1) is 6.58 Å². The number of nitrogens with one attached hydrogen (secondary N) is 1. The minimum absolute atomic E-state index is 0.264. The Morgan fingerprint density at radius 3 is 2.86 bits per heavy atom. The number of anilines is 1. The van der Waals surface area contributed by atoms with Crippen molar-refractivity contribution >= 4 is 17.6 Å². The predicted octanol–water partition coefficient (Wildman–Crippen LogP) is 2.78. The van der Waals surface area contributed by atoms with Gasteiger partial charge in [0.2, 0.25) is 0 Å². The lowest BCUT2D eigenvalue weighted by atomic mass is 10.2. The van der Waals surface area contributed by atoms with Gasteiger partial charge in [0, 0.05) is 5.69 Å². The SMILES string of the molecule is C=CCCOC(C)C(=O)Nc1cccc(C(=O)OCC)c1. The fourth-order valence-electron chi connectivity index (χ4n) is 1.59. The molecule has 0 aliphatic rings. The van der Waals surface area contributed by atoms with Crippen LogP contribution in [0.2, 0.25) is 0 Å². The molecule has 0 saturated carbocycles. The van der Waals surface area contributed by atoms with Crippen LogP contribution in [0.3, 0.4) is 0 Å². The van der Waals surface area contributed by atoms with E-state index in [1.807, 2.05) is 0 Å². The predicted molar refractivity (Wildman–Crippen MR) is 81.3 cm³/mol. The Hall–Kier alpha value is -2.14. The number of carbonyl (C=O) groups is 2. The highest BCUT2D eigenvalue weighted by atomic mass is 16.5. The Labute approximate surface area is 124 Å². The van der Waals surface area contributed by atoms with E-state index in [1.54, 1.807) is 44.2 Å². The van der Waals surface area contributed by atoms with Gasteiger partial charge in [0.25, 0.3) is 5.91 Å². The number of esters is 1. The van der Waals surface area contributed by atoms with E-state index in [1.165, 1.54) is 0 Å². The third-order valence-corrected chi connectivity index (χ3v) is 2.70. The summed E-state index contributed by atoms with van der Waals surface area (Å²) >= 11 is 0. The van der Waals surface area contributed by atoms with E-state index in [9.17, 15) is 9.59 Å². The second-order valence-electron chi connectivity index (χ2n) is 4.38. The highest BCUT2D eigenvalue weighted by Crippen LogP contribution is 2.12. The number of ether oxygens (including phenoxy) is 2. The molecule has 1 rings (SSSR count). The molecule has 114 valence electrons. The van der Waals surface area contributed by atoms with E-state index in [2.05, 4.69) is 11.9 Å². The third-order valence-electron chi connectivity index (χ3n) is 2.70. The molecule has 1 amide bonds. The van der Waals surface area contributed by atoms with Crippen LogP contribution in [0.25, 0.3) is 0 Å². The van der Waals surface area contributed by atoms with Crippen molar-refractivity contribution < 1.29 is 19.1 Å². The number of benzene rings is 1. The summed E-state index contributed by atoms with van der Waals surface area (Å²) in [6.07, 6.45) is 1.85. The number of hydrogen-bond acceptors (Lipinski definition) is 4. The molecule has 1 aromatic carbocycles. The van der Waals surface area contributed by atoms with E-state index < -0.39 is 12.1 Å². The molecule has 1 atom stereocenters. The molecular weight excluding hydrogens is 270 g/mol. The molecule has 0 aromatic heterocycles. The van der Waals surface area contributed by atoms with Gasteiger partial charge >= 0.3 is 5.97 Å². The maximum Gasteiger partial charge on any atom is 0.338 e. The molecule has 5 nitrogen and oxygen atoms in total. The molecule has 0 spiro atoms. The molecular formula is C16H21NO4. The van der Waals surface area contributed by atoms with Crippen molar-refractivity contribution in [1.29, 1.82) is 0 Å². The zero-order valence-electron chi connectivity index (χ0n) is 12.4. The Morgan fingerprint density at radius 2 is 2.19 bits per heavy atom. The smallest absolute Gasteiger partial charge is 0.338 e. The Bertz CT molecular complexity index is 499. The molecule has 1 aromatic rings. The van der Waals surface area contributed by atoms with Gasteiger partial charge in [0.15, 0.2) is 0 Å². The summed E-state index contributed by atoms with van der Waals surface area (Å²) in [5, 5.41) is 2.71. The van der Waals surface area contributed by atoms with Crippen LogP contribution in [0.15, 0.2) is 36.9 Å². The van der Waals surface area contributed by atoms with Crippen LogP contribution in [0.5, 0.6) is 0 Å².